The number of carbonyl (C=O) groups excluding carboxylic acids is 1. The molecule has 1 fully saturated rings. The van der Waals surface area contributed by atoms with Gasteiger partial charge in [0.25, 0.3) is 0 Å². The van der Waals surface area contributed by atoms with Crippen molar-refractivity contribution in [2.45, 2.75) is 44.1 Å². The molecule has 0 aliphatic heterocycles. The van der Waals surface area contributed by atoms with E-state index in [0.717, 1.165) is 0 Å². The molecule has 3 nitrogen and oxygen atoms in total. The summed E-state index contributed by atoms with van der Waals surface area (Å²) in [5.41, 5.74) is -0.533. The normalized spacial score (nSPS) is 29.1. The quantitative estimate of drug-likeness (QED) is 0.436. The molecule has 0 amide bonds. The molecule has 0 N–H and O–H groups in total. The van der Waals surface area contributed by atoms with E-state index in [1.165, 1.54) is 0 Å². The van der Waals surface area contributed by atoms with E-state index in [1.807, 2.05) is 46.7 Å². The van der Waals surface area contributed by atoms with Gasteiger partial charge in [0.15, 0.2) is 0 Å². The number of hydrogen-bond donors (Lipinski definition) is 0. The molecule has 0 aromatic carbocycles. The molecule has 0 aromatic rings. The van der Waals surface area contributed by atoms with Crippen LogP contribution in [0.3, 0.4) is 0 Å². The molecule has 20 heavy (non-hydrogen) atoms. The number of rotatable bonds is 2. The number of ether oxygens (including phenoxy) is 1. The smallest absolute Gasteiger partial charge is 0.310 e. The van der Waals surface area contributed by atoms with Crippen LogP contribution in [0.2, 0.25) is 0 Å². The summed E-state index contributed by atoms with van der Waals surface area (Å²) >= 11 is 18.2. The lowest BCUT2D eigenvalue weighted by Gasteiger charge is -2.29. The third kappa shape index (κ3) is 3.99. The van der Waals surface area contributed by atoms with Crippen molar-refractivity contribution in [2.24, 2.45) is 17.8 Å². The molecule has 0 aromatic heterocycles. The number of esters is 1. The van der Waals surface area contributed by atoms with Gasteiger partial charge in [-0.2, -0.15) is 0 Å². The van der Waals surface area contributed by atoms with Crippen molar-refractivity contribution in [1.29, 1.82) is 0 Å². The Hall–Kier alpha value is -0.0600. The molecule has 6 heteroatoms. The average molecular weight is 340 g/mol. The van der Waals surface area contributed by atoms with Crippen LogP contribution in [0.25, 0.3) is 0 Å². The standard InChI is InChI=1S/C14H23Cl2NO2S/c1-8-10(11(20)17(5)6)9(7-14(8,15)16)12(18)19-13(2,3)4/h8-10H,7H2,1-6H3/t8-,9-,10-/m1/s1. The van der Waals surface area contributed by atoms with Gasteiger partial charge in [-0.25, -0.2) is 0 Å². The number of thiocarbonyl (C=S) groups is 1. The van der Waals surface area contributed by atoms with Crippen LogP contribution in [-0.2, 0) is 9.53 Å². The molecular formula is C14H23Cl2NO2S. The molecule has 0 heterocycles. The lowest BCUT2D eigenvalue weighted by atomic mass is 9.89. The lowest BCUT2D eigenvalue weighted by Crippen LogP contribution is -2.38. The predicted molar refractivity (Wildman–Crippen MR) is 87.3 cm³/mol. The molecule has 116 valence electrons. The van der Waals surface area contributed by atoms with Crippen molar-refractivity contribution < 1.29 is 9.53 Å². The summed E-state index contributed by atoms with van der Waals surface area (Å²) < 4.78 is 4.54. The molecule has 0 saturated heterocycles. The van der Waals surface area contributed by atoms with Crippen molar-refractivity contribution in [3.8, 4) is 0 Å². The minimum atomic E-state index is -0.952. The minimum absolute atomic E-state index is 0.0988. The van der Waals surface area contributed by atoms with Crippen LogP contribution in [0.1, 0.15) is 34.1 Å². The van der Waals surface area contributed by atoms with Crippen molar-refractivity contribution >= 4 is 46.4 Å². The van der Waals surface area contributed by atoms with E-state index in [2.05, 4.69) is 0 Å². The molecule has 0 radical (unpaired) electrons. The molecule has 1 saturated carbocycles. The lowest BCUT2D eigenvalue weighted by molar-refractivity contribution is -0.160. The van der Waals surface area contributed by atoms with Gasteiger partial charge in [0.1, 0.15) is 9.93 Å². The third-order valence-corrected chi connectivity index (χ3v) is 5.20. The van der Waals surface area contributed by atoms with Gasteiger partial charge < -0.3 is 9.64 Å². The Morgan fingerprint density at radius 1 is 1.35 bits per heavy atom. The first-order valence-corrected chi connectivity index (χ1v) is 7.85. The van der Waals surface area contributed by atoms with Crippen LogP contribution < -0.4 is 0 Å². The molecule has 1 aliphatic rings. The average Bonchev–Trinajstić information content (AvgIpc) is 2.47. The van der Waals surface area contributed by atoms with Gasteiger partial charge in [0, 0.05) is 20.0 Å². The fourth-order valence-corrected chi connectivity index (χ4v) is 3.48. The number of nitrogens with zero attached hydrogens (tertiary/aromatic N) is 1. The highest BCUT2D eigenvalue weighted by Gasteiger charge is 2.54. The van der Waals surface area contributed by atoms with Crippen molar-refractivity contribution in [2.75, 3.05) is 14.1 Å². The van der Waals surface area contributed by atoms with Crippen LogP contribution in [0.4, 0.5) is 0 Å². The highest BCUT2D eigenvalue weighted by Crippen LogP contribution is 2.52. The van der Waals surface area contributed by atoms with Gasteiger partial charge in [-0.1, -0.05) is 19.1 Å². The van der Waals surface area contributed by atoms with Crippen LogP contribution in [-0.4, -0.2) is 39.9 Å². The Bertz CT molecular complexity index is 404. The topological polar surface area (TPSA) is 29.5 Å². The summed E-state index contributed by atoms with van der Waals surface area (Å²) in [6, 6.07) is 0. The molecule has 0 spiro atoms. The van der Waals surface area contributed by atoms with Gasteiger partial charge in [-0.3, -0.25) is 4.79 Å². The van der Waals surface area contributed by atoms with Gasteiger partial charge in [-0.05, 0) is 33.1 Å². The van der Waals surface area contributed by atoms with Crippen molar-refractivity contribution in [3.05, 3.63) is 0 Å². The Balaban J connectivity index is 3.03. The second-order valence-corrected chi connectivity index (χ2v) is 8.61. The first-order chi connectivity index (χ1) is 8.87. The molecular weight excluding hydrogens is 317 g/mol. The number of alkyl halides is 2. The monoisotopic (exact) mass is 339 g/mol. The summed E-state index contributed by atoms with van der Waals surface area (Å²) in [6.45, 7) is 7.47. The summed E-state index contributed by atoms with van der Waals surface area (Å²) in [4.78, 5) is 14.9. The predicted octanol–water partition coefficient (Wildman–Crippen LogP) is 3.66. The summed E-state index contributed by atoms with van der Waals surface area (Å²) in [5.74, 6) is -0.945. The summed E-state index contributed by atoms with van der Waals surface area (Å²) in [6.07, 6.45) is 0.366. The zero-order valence-electron chi connectivity index (χ0n) is 12.9. The van der Waals surface area contributed by atoms with Crippen molar-refractivity contribution in [1.82, 2.24) is 4.90 Å². The molecule has 1 aliphatic carbocycles. The number of halogens is 2. The maximum atomic E-state index is 12.4. The summed E-state index contributed by atoms with van der Waals surface area (Å²) in [7, 11) is 3.73. The Labute approximate surface area is 136 Å². The fourth-order valence-electron chi connectivity index (χ4n) is 2.51. The van der Waals surface area contributed by atoms with Crippen LogP contribution >= 0.6 is 35.4 Å². The van der Waals surface area contributed by atoms with Crippen LogP contribution in [0.5, 0.6) is 0 Å². The highest BCUT2D eigenvalue weighted by molar-refractivity contribution is 7.80. The zero-order chi connectivity index (χ0) is 15.9. The Kier molecular flexibility index (Phi) is 5.37. The first-order valence-electron chi connectivity index (χ1n) is 6.68. The van der Waals surface area contributed by atoms with E-state index >= 15 is 0 Å². The second-order valence-electron chi connectivity index (χ2n) is 6.65. The van der Waals surface area contributed by atoms with E-state index < -0.39 is 15.9 Å². The van der Waals surface area contributed by atoms with Gasteiger partial charge in [0.05, 0.1) is 10.9 Å². The van der Waals surface area contributed by atoms with Crippen LogP contribution in [0.15, 0.2) is 0 Å². The molecule has 1 rings (SSSR count). The van der Waals surface area contributed by atoms with E-state index in [1.54, 1.807) is 0 Å². The van der Waals surface area contributed by atoms with Gasteiger partial charge in [0.2, 0.25) is 0 Å². The van der Waals surface area contributed by atoms with Crippen molar-refractivity contribution in [3.63, 3.8) is 0 Å². The SMILES string of the molecule is C[C@@H]1[C@@H](C(=S)N(C)C)[C@H](C(=O)OC(C)(C)C)CC1(Cl)Cl. The fraction of sp³-hybridized carbons (Fsp3) is 0.857. The summed E-state index contributed by atoms with van der Waals surface area (Å²) in [5, 5.41) is 0. The van der Waals surface area contributed by atoms with E-state index in [0.29, 0.717) is 11.4 Å². The maximum Gasteiger partial charge on any atom is 0.310 e. The molecule has 0 unspecified atom stereocenters. The molecule has 0 bridgehead atoms. The third-order valence-electron chi connectivity index (χ3n) is 3.57. The minimum Gasteiger partial charge on any atom is -0.460 e. The number of carbonyl (C=O) groups is 1. The number of hydrogen-bond acceptors (Lipinski definition) is 3. The largest absolute Gasteiger partial charge is 0.460 e. The van der Waals surface area contributed by atoms with E-state index in [-0.39, 0.29) is 17.8 Å². The second kappa shape index (κ2) is 5.98. The van der Waals surface area contributed by atoms with Crippen LogP contribution in [0, 0.1) is 17.8 Å². The maximum absolute atomic E-state index is 12.4. The van der Waals surface area contributed by atoms with E-state index in [9.17, 15) is 4.79 Å². The van der Waals surface area contributed by atoms with Gasteiger partial charge >= 0.3 is 5.97 Å². The molecule has 3 atom stereocenters. The highest BCUT2D eigenvalue weighted by atomic mass is 35.5. The first kappa shape index (κ1) is 18.0. The Morgan fingerprint density at radius 2 is 1.85 bits per heavy atom. The van der Waals surface area contributed by atoms with E-state index in [4.69, 9.17) is 40.2 Å². The van der Waals surface area contributed by atoms with Gasteiger partial charge in [-0.15, -0.1) is 23.2 Å². The Morgan fingerprint density at radius 3 is 2.25 bits per heavy atom. The zero-order valence-corrected chi connectivity index (χ0v) is 15.2.